The van der Waals surface area contributed by atoms with Crippen molar-refractivity contribution in [3.8, 4) is 0 Å². The molecule has 0 aliphatic carbocycles. The van der Waals surface area contributed by atoms with Gasteiger partial charge >= 0.3 is 6.09 Å². The number of ether oxygens (including phenoxy) is 1. The maximum atomic E-state index is 10.8. The van der Waals surface area contributed by atoms with Gasteiger partial charge in [0, 0.05) is 32.1 Å². The van der Waals surface area contributed by atoms with Gasteiger partial charge in [-0.1, -0.05) is 0 Å². The molecule has 1 fully saturated rings. The predicted molar refractivity (Wildman–Crippen MR) is 70.8 cm³/mol. The molecule has 0 unspecified atom stereocenters. The van der Waals surface area contributed by atoms with E-state index in [2.05, 4.69) is 4.98 Å². The third kappa shape index (κ3) is 4.52. The Balaban J connectivity index is 1.58. The highest BCUT2D eigenvalue weighted by Crippen LogP contribution is 2.20. The number of pyridine rings is 1. The van der Waals surface area contributed by atoms with E-state index in [1.165, 1.54) is 4.90 Å². The summed E-state index contributed by atoms with van der Waals surface area (Å²) in [6.07, 6.45) is 5.64. The first kappa shape index (κ1) is 13.8. The molecule has 5 heteroatoms. The van der Waals surface area contributed by atoms with Crippen LogP contribution in [0, 0.1) is 5.92 Å². The molecule has 0 atom stereocenters. The van der Waals surface area contributed by atoms with Crippen molar-refractivity contribution in [2.45, 2.75) is 25.9 Å². The molecule has 1 aromatic rings. The maximum Gasteiger partial charge on any atom is 0.407 e. The van der Waals surface area contributed by atoms with E-state index >= 15 is 0 Å². The van der Waals surface area contributed by atoms with Crippen molar-refractivity contribution in [3.05, 3.63) is 30.1 Å². The largest absolute Gasteiger partial charge is 0.465 e. The first-order valence-electron chi connectivity index (χ1n) is 6.70. The Morgan fingerprint density at radius 3 is 2.68 bits per heavy atom. The average molecular weight is 264 g/mol. The molecule has 0 radical (unpaired) electrons. The topological polar surface area (TPSA) is 62.7 Å². The fraction of sp³-hybridized carbons (Fsp3) is 0.571. The van der Waals surface area contributed by atoms with Gasteiger partial charge in [0.1, 0.15) is 0 Å². The first-order valence-corrected chi connectivity index (χ1v) is 6.70. The van der Waals surface area contributed by atoms with Gasteiger partial charge in [-0.2, -0.15) is 0 Å². The van der Waals surface area contributed by atoms with Crippen LogP contribution in [0.15, 0.2) is 24.5 Å². The van der Waals surface area contributed by atoms with Crippen LogP contribution in [0.25, 0.3) is 0 Å². The molecule has 1 aliphatic rings. The molecule has 0 aromatic carbocycles. The van der Waals surface area contributed by atoms with E-state index < -0.39 is 6.09 Å². The third-order valence-corrected chi connectivity index (χ3v) is 3.57. The molecule has 1 saturated heterocycles. The lowest BCUT2D eigenvalue weighted by molar-refractivity contribution is 0.0878. The lowest BCUT2D eigenvalue weighted by Gasteiger charge is -2.29. The van der Waals surface area contributed by atoms with Crippen LogP contribution >= 0.6 is 0 Å². The molecule has 5 nitrogen and oxygen atoms in total. The number of carboxylic acid groups (broad SMARTS) is 1. The van der Waals surface area contributed by atoms with Crippen molar-refractivity contribution in [1.29, 1.82) is 0 Å². The van der Waals surface area contributed by atoms with Crippen LogP contribution in [0.5, 0.6) is 0 Å². The second-order valence-electron chi connectivity index (χ2n) is 4.91. The number of piperidine rings is 1. The van der Waals surface area contributed by atoms with Crippen LogP contribution in [-0.2, 0) is 11.3 Å². The zero-order chi connectivity index (χ0) is 13.5. The molecular weight excluding hydrogens is 244 g/mol. The van der Waals surface area contributed by atoms with Crippen molar-refractivity contribution >= 4 is 6.09 Å². The van der Waals surface area contributed by atoms with Crippen LogP contribution in [0.1, 0.15) is 24.8 Å². The minimum atomic E-state index is -0.799. The highest BCUT2D eigenvalue weighted by molar-refractivity contribution is 5.64. The molecule has 1 aromatic heterocycles. The number of aromatic nitrogens is 1. The first-order chi connectivity index (χ1) is 9.25. The summed E-state index contributed by atoms with van der Waals surface area (Å²) in [5, 5.41) is 8.86. The molecule has 104 valence electrons. The molecule has 0 spiro atoms. The van der Waals surface area contributed by atoms with E-state index in [4.69, 9.17) is 9.84 Å². The smallest absolute Gasteiger partial charge is 0.407 e. The van der Waals surface area contributed by atoms with E-state index in [0.29, 0.717) is 25.6 Å². The molecule has 2 heterocycles. The second kappa shape index (κ2) is 7.09. The standard InChI is InChI=1S/C14H20N2O3/c17-14(18)16-8-3-12(4-9-16)5-10-19-11-13-1-6-15-7-2-13/h1-2,6-7,12H,3-5,8-11H2,(H,17,18). The van der Waals surface area contributed by atoms with E-state index in [9.17, 15) is 4.79 Å². The summed E-state index contributed by atoms with van der Waals surface area (Å²) >= 11 is 0. The highest BCUT2D eigenvalue weighted by Gasteiger charge is 2.21. The Morgan fingerprint density at radius 2 is 2.05 bits per heavy atom. The Morgan fingerprint density at radius 1 is 1.37 bits per heavy atom. The van der Waals surface area contributed by atoms with E-state index in [0.717, 1.165) is 31.4 Å². The van der Waals surface area contributed by atoms with Crippen molar-refractivity contribution in [3.63, 3.8) is 0 Å². The minimum Gasteiger partial charge on any atom is -0.465 e. The van der Waals surface area contributed by atoms with Crippen LogP contribution in [0.4, 0.5) is 4.79 Å². The van der Waals surface area contributed by atoms with E-state index in [1.807, 2.05) is 12.1 Å². The molecular formula is C14H20N2O3. The molecule has 2 rings (SSSR count). The Labute approximate surface area is 113 Å². The number of hydrogen-bond donors (Lipinski definition) is 1. The summed E-state index contributed by atoms with van der Waals surface area (Å²) in [6.45, 7) is 2.67. The Bertz CT molecular complexity index is 389. The summed E-state index contributed by atoms with van der Waals surface area (Å²) in [5.41, 5.74) is 1.13. The number of carbonyl (C=O) groups is 1. The van der Waals surface area contributed by atoms with Crippen LogP contribution < -0.4 is 0 Å². The van der Waals surface area contributed by atoms with Gasteiger partial charge in [-0.05, 0) is 42.9 Å². The number of hydrogen-bond acceptors (Lipinski definition) is 3. The molecule has 19 heavy (non-hydrogen) atoms. The normalized spacial score (nSPS) is 16.5. The van der Waals surface area contributed by atoms with Gasteiger partial charge in [0.25, 0.3) is 0 Å². The molecule has 0 bridgehead atoms. The van der Waals surface area contributed by atoms with Gasteiger partial charge in [-0.25, -0.2) is 4.79 Å². The predicted octanol–water partition coefficient (Wildman–Crippen LogP) is 2.38. The molecule has 1 amide bonds. The Hall–Kier alpha value is -1.62. The van der Waals surface area contributed by atoms with E-state index in [-0.39, 0.29) is 0 Å². The van der Waals surface area contributed by atoms with E-state index in [1.54, 1.807) is 12.4 Å². The number of nitrogens with zero attached hydrogens (tertiary/aromatic N) is 2. The van der Waals surface area contributed by atoms with Crippen LogP contribution in [0.3, 0.4) is 0 Å². The van der Waals surface area contributed by atoms with Gasteiger partial charge < -0.3 is 14.7 Å². The van der Waals surface area contributed by atoms with Crippen molar-refractivity contribution in [1.82, 2.24) is 9.88 Å². The summed E-state index contributed by atoms with van der Waals surface area (Å²) in [6, 6.07) is 3.90. The SMILES string of the molecule is O=C(O)N1CCC(CCOCc2ccncc2)CC1. The summed E-state index contributed by atoms with van der Waals surface area (Å²) < 4.78 is 5.64. The van der Waals surface area contributed by atoms with Crippen LogP contribution in [0.2, 0.25) is 0 Å². The summed E-state index contributed by atoms with van der Waals surface area (Å²) in [7, 11) is 0. The van der Waals surface area contributed by atoms with Crippen molar-refractivity contribution < 1.29 is 14.6 Å². The molecule has 1 aliphatic heterocycles. The zero-order valence-corrected chi connectivity index (χ0v) is 11.0. The van der Waals surface area contributed by atoms with Gasteiger partial charge in [-0.15, -0.1) is 0 Å². The summed E-state index contributed by atoms with van der Waals surface area (Å²) in [5.74, 6) is 0.591. The quantitative estimate of drug-likeness (QED) is 0.829. The molecule has 0 saturated carbocycles. The number of rotatable bonds is 5. The highest BCUT2D eigenvalue weighted by atomic mass is 16.5. The van der Waals surface area contributed by atoms with Gasteiger partial charge in [-0.3, -0.25) is 4.98 Å². The average Bonchev–Trinajstić information content (AvgIpc) is 2.45. The lowest BCUT2D eigenvalue weighted by atomic mass is 9.94. The Kier molecular flexibility index (Phi) is 5.15. The minimum absolute atomic E-state index is 0.591. The molecule has 1 N–H and O–H groups in total. The lowest BCUT2D eigenvalue weighted by Crippen LogP contribution is -2.37. The zero-order valence-electron chi connectivity index (χ0n) is 11.0. The number of likely N-dealkylation sites (tertiary alicyclic amines) is 1. The maximum absolute atomic E-state index is 10.8. The van der Waals surface area contributed by atoms with Crippen molar-refractivity contribution in [2.75, 3.05) is 19.7 Å². The van der Waals surface area contributed by atoms with Crippen LogP contribution in [-0.4, -0.2) is 40.8 Å². The van der Waals surface area contributed by atoms with Crippen molar-refractivity contribution in [2.24, 2.45) is 5.92 Å². The fourth-order valence-electron chi connectivity index (χ4n) is 2.33. The van der Waals surface area contributed by atoms with Gasteiger partial charge in [0.15, 0.2) is 0 Å². The monoisotopic (exact) mass is 264 g/mol. The third-order valence-electron chi connectivity index (χ3n) is 3.57. The van der Waals surface area contributed by atoms with Gasteiger partial charge in [0.05, 0.1) is 6.61 Å². The second-order valence-corrected chi connectivity index (χ2v) is 4.91. The number of amides is 1. The summed E-state index contributed by atoms with van der Waals surface area (Å²) in [4.78, 5) is 16.2. The van der Waals surface area contributed by atoms with Gasteiger partial charge in [0.2, 0.25) is 0 Å². The fourth-order valence-corrected chi connectivity index (χ4v) is 2.33.